The summed E-state index contributed by atoms with van der Waals surface area (Å²) in [5, 5.41) is 0. The van der Waals surface area contributed by atoms with Crippen molar-refractivity contribution in [1.29, 1.82) is 0 Å². The van der Waals surface area contributed by atoms with Gasteiger partial charge in [0.1, 0.15) is 0 Å². The molecule has 4 aromatic rings. The van der Waals surface area contributed by atoms with Gasteiger partial charge in [-0.1, -0.05) is 0 Å². The van der Waals surface area contributed by atoms with E-state index >= 15 is 26.3 Å². The van der Waals surface area contributed by atoms with Gasteiger partial charge in [0.15, 0.2) is 0 Å². The van der Waals surface area contributed by atoms with E-state index in [1.165, 1.54) is 0 Å². The Morgan fingerprint density at radius 1 is 0.565 bits per heavy atom. The molecule has 0 nitrogen and oxygen atoms in total. The van der Waals surface area contributed by atoms with Crippen molar-refractivity contribution in [2.24, 2.45) is 0 Å². The van der Waals surface area contributed by atoms with E-state index in [1.807, 2.05) is 60.7 Å². The number of hydrogen-bond donors (Lipinski definition) is 0. The van der Waals surface area contributed by atoms with E-state index in [0.717, 1.165) is 23.3 Å². The summed E-state index contributed by atoms with van der Waals surface area (Å²) in [5.74, 6) is -2.67. The molecule has 2 atom stereocenters. The Bertz CT molecular complexity index is 1720. The molecule has 239 valence electrons. The van der Waals surface area contributed by atoms with Crippen LogP contribution in [0.5, 0.6) is 0 Å². The molecular formula is C36H31Cl2F6SiZr. The van der Waals surface area contributed by atoms with Crippen LogP contribution in [0, 0.1) is 0 Å². The second-order valence-electron chi connectivity index (χ2n) is 12.6. The van der Waals surface area contributed by atoms with Gasteiger partial charge in [0, 0.05) is 0 Å². The van der Waals surface area contributed by atoms with Gasteiger partial charge in [-0.15, -0.1) is 0 Å². The van der Waals surface area contributed by atoms with Gasteiger partial charge < -0.3 is 0 Å². The van der Waals surface area contributed by atoms with E-state index in [-0.39, 0.29) is 11.1 Å². The van der Waals surface area contributed by atoms with E-state index in [1.54, 1.807) is 49.5 Å². The fourth-order valence-electron chi connectivity index (χ4n) is 7.39. The second kappa shape index (κ2) is 11.9. The van der Waals surface area contributed by atoms with Crippen LogP contribution in [0.25, 0.3) is 12.2 Å². The number of hydrogen-bond acceptors (Lipinski definition) is 0. The van der Waals surface area contributed by atoms with Crippen molar-refractivity contribution < 1.29 is 41.9 Å². The average molecular weight is 768 g/mol. The Morgan fingerprint density at radius 3 is 1.26 bits per heavy atom. The van der Waals surface area contributed by atoms with Gasteiger partial charge in [0.2, 0.25) is 0 Å². The molecular weight excluding hydrogens is 737 g/mol. The summed E-state index contributed by atoms with van der Waals surface area (Å²) in [6.45, 7) is 3.45. The number of alkyl halides is 6. The summed E-state index contributed by atoms with van der Waals surface area (Å²) >= 11 is -6.36. The van der Waals surface area contributed by atoms with Gasteiger partial charge in [-0.25, -0.2) is 0 Å². The molecule has 0 amide bonds. The van der Waals surface area contributed by atoms with Crippen molar-refractivity contribution in [3.63, 3.8) is 0 Å². The zero-order chi connectivity index (χ0) is 33.1. The molecule has 0 N–H and O–H groups in total. The Morgan fingerprint density at radius 2 is 0.935 bits per heavy atom. The molecule has 10 heteroatoms. The Balaban J connectivity index is 1.59. The van der Waals surface area contributed by atoms with Crippen molar-refractivity contribution in [3.8, 4) is 0 Å². The summed E-state index contributed by atoms with van der Waals surface area (Å²) in [6, 6.07) is 28.7. The van der Waals surface area contributed by atoms with E-state index in [4.69, 9.17) is 17.0 Å². The summed E-state index contributed by atoms with van der Waals surface area (Å²) in [4.78, 5) is 0. The predicted molar refractivity (Wildman–Crippen MR) is 176 cm³/mol. The van der Waals surface area contributed by atoms with Crippen LogP contribution in [0.3, 0.4) is 0 Å². The molecule has 2 aliphatic carbocycles. The molecule has 0 aliphatic heterocycles. The molecule has 0 radical (unpaired) electrons. The van der Waals surface area contributed by atoms with Crippen molar-refractivity contribution in [1.82, 2.24) is 0 Å². The standard InChI is InChI=1S/2C17H12F3.C2H7Si.2ClH.Zr/c2*18-17(19,20)15-10-14-8-4-7-13(16(14)11-15)9-12-5-2-1-3-6-12;1-3-2;;;/h2*1-8,10-11H,9H2;3H,1-2H3;2*1H;/q;;;;;+2/p-2. The summed E-state index contributed by atoms with van der Waals surface area (Å²) in [6.07, 6.45) is -6.79. The molecule has 2 aliphatic rings. The fraction of sp³-hybridized carbons (Fsp3) is 0.222. The maximum atomic E-state index is 15.1. The Labute approximate surface area is 273 Å². The summed E-state index contributed by atoms with van der Waals surface area (Å²) < 4.78 is 87.8. The monoisotopic (exact) mass is 765 g/mol. The van der Waals surface area contributed by atoms with Crippen molar-refractivity contribution >= 4 is 35.1 Å². The van der Waals surface area contributed by atoms with Crippen LogP contribution in [0.2, 0.25) is 13.1 Å². The molecule has 0 saturated carbocycles. The zero-order valence-electron chi connectivity index (χ0n) is 25.1. The van der Waals surface area contributed by atoms with Crippen molar-refractivity contribution in [2.45, 2.75) is 45.5 Å². The first-order chi connectivity index (χ1) is 21.6. The van der Waals surface area contributed by atoms with Gasteiger partial charge in [-0.05, 0) is 0 Å². The zero-order valence-corrected chi connectivity index (χ0v) is 30.2. The van der Waals surface area contributed by atoms with Crippen LogP contribution in [0.4, 0.5) is 26.3 Å². The number of rotatable bonds is 7. The van der Waals surface area contributed by atoms with Gasteiger partial charge in [-0.3, -0.25) is 0 Å². The van der Waals surface area contributed by atoms with E-state index in [2.05, 4.69) is 0 Å². The second-order valence-corrected chi connectivity index (χ2v) is 55.1. The number of fused-ring (bicyclic) bond motifs is 2. The van der Waals surface area contributed by atoms with E-state index in [9.17, 15) is 0 Å². The van der Waals surface area contributed by atoms with Crippen LogP contribution in [0.15, 0.2) is 108 Å². The SMILES string of the molecule is C[SiH](C)[Zr]([Cl])([Cl])([CH]1C(C(F)(F)F)=Cc2c(Cc3ccccc3)cccc21)[CH]1C(C(F)(F)F)=Cc2c(Cc3ccccc3)cccc21. The average Bonchev–Trinajstić information content (AvgIpc) is 3.61. The quantitative estimate of drug-likeness (QED) is 0.130. The minimum atomic E-state index is -6.36. The van der Waals surface area contributed by atoms with E-state index in [0.29, 0.717) is 35.1 Å². The molecule has 0 spiro atoms. The summed E-state index contributed by atoms with van der Waals surface area (Å²) in [5.41, 5.74) is 2.51. The van der Waals surface area contributed by atoms with Crippen LogP contribution in [-0.4, -0.2) is 18.3 Å². The third kappa shape index (κ3) is 5.71. The molecule has 0 bridgehead atoms. The topological polar surface area (TPSA) is 0 Å². The van der Waals surface area contributed by atoms with Gasteiger partial charge in [0.25, 0.3) is 0 Å². The Hall–Kier alpha value is -2.38. The molecule has 6 rings (SSSR count). The Kier molecular flexibility index (Phi) is 8.70. The third-order valence-corrected chi connectivity index (χ3v) is 61.2. The van der Waals surface area contributed by atoms with E-state index < -0.39 is 52.2 Å². The molecule has 0 aromatic heterocycles. The van der Waals surface area contributed by atoms with Crippen LogP contribution >= 0.6 is 17.0 Å². The minimum absolute atomic E-state index is 0.285. The molecule has 4 aromatic carbocycles. The normalized spacial score (nSPS) is 18.9. The van der Waals surface area contributed by atoms with Crippen LogP contribution in [0.1, 0.15) is 51.8 Å². The number of benzene rings is 4. The first kappa shape index (κ1) is 33.5. The first-order valence-corrected chi connectivity index (χ1v) is 31.4. The van der Waals surface area contributed by atoms with Gasteiger partial charge in [-0.2, -0.15) is 0 Å². The van der Waals surface area contributed by atoms with Crippen LogP contribution in [-0.2, 0) is 28.4 Å². The first-order valence-electron chi connectivity index (χ1n) is 15.1. The van der Waals surface area contributed by atoms with Crippen molar-refractivity contribution in [2.75, 3.05) is 0 Å². The van der Waals surface area contributed by atoms with Crippen LogP contribution < -0.4 is 0 Å². The third-order valence-electron chi connectivity index (χ3n) is 9.64. The maximum absolute atomic E-state index is 15.1. The van der Waals surface area contributed by atoms with Gasteiger partial charge >= 0.3 is 275 Å². The van der Waals surface area contributed by atoms with Crippen molar-refractivity contribution in [3.05, 3.63) is 153 Å². The summed E-state index contributed by atoms with van der Waals surface area (Å²) in [7, 11) is 15.6. The molecule has 2 unspecified atom stereocenters. The number of halogens is 8. The predicted octanol–water partition coefficient (Wildman–Crippen LogP) is 11.5. The molecule has 0 fully saturated rings. The van der Waals surface area contributed by atoms with Gasteiger partial charge in [0.05, 0.1) is 0 Å². The number of allylic oxidation sites excluding steroid dienone is 2. The molecule has 0 saturated heterocycles. The molecule has 46 heavy (non-hydrogen) atoms. The fourth-order valence-corrected chi connectivity index (χ4v) is 37.5. The molecule has 0 heterocycles.